The zero-order valence-corrected chi connectivity index (χ0v) is 8.96. The van der Waals surface area contributed by atoms with Crippen LogP contribution in [0.5, 0.6) is 0 Å². The summed E-state index contributed by atoms with van der Waals surface area (Å²) in [5.74, 6) is -1.14. The van der Waals surface area contributed by atoms with Crippen molar-refractivity contribution >= 4 is 12.1 Å². The second-order valence-corrected chi connectivity index (χ2v) is 3.51. The number of ether oxygens (including phenoxy) is 2. The molecule has 1 saturated heterocycles. The molecule has 1 amide bonds. The molecule has 2 N–H and O–H groups in total. The molecule has 7 heteroatoms. The van der Waals surface area contributed by atoms with Crippen LogP contribution < -0.4 is 0 Å². The van der Waals surface area contributed by atoms with Crippen LogP contribution in [0.2, 0.25) is 0 Å². The van der Waals surface area contributed by atoms with Crippen LogP contribution in [0.15, 0.2) is 0 Å². The van der Waals surface area contributed by atoms with Crippen molar-refractivity contribution < 1.29 is 29.3 Å². The summed E-state index contributed by atoms with van der Waals surface area (Å²) in [6, 6.07) is -1.01. The molecular formula is C9H15NO6. The first-order chi connectivity index (χ1) is 7.56. The van der Waals surface area contributed by atoms with E-state index >= 15 is 0 Å². The number of nitrogens with zero attached hydrogens (tertiary/aromatic N) is 1. The van der Waals surface area contributed by atoms with Gasteiger partial charge in [-0.3, -0.25) is 4.90 Å². The Morgan fingerprint density at radius 3 is 2.50 bits per heavy atom. The van der Waals surface area contributed by atoms with Crippen LogP contribution in [0.1, 0.15) is 6.42 Å². The van der Waals surface area contributed by atoms with Crippen molar-refractivity contribution in [3.8, 4) is 0 Å². The van der Waals surface area contributed by atoms with Gasteiger partial charge in [0.25, 0.3) is 0 Å². The summed E-state index contributed by atoms with van der Waals surface area (Å²) in [4.78, 5) is 22.5. The van der Waals surface area contributed by atoms with Crippen LogP contribution in [0.25, 0.3) is 0 Å². The highest BCUT2D eigenvalue weighted by molar-refractivity contribution is 5.80. The molecule has 0 saturated carbocycles. The topological polar surface area (TPSA) is 96.3 Å². The van der Waals surface area contributed by atoms with Gasteiger partial charge in [-0.25, -0.2) is 9.59 Å². The van der Waals surface area contributed by atoms with Crippen molar-refractivity contribution in [2.75, 3.05) is 26.9 Å². The minimum atomic E-state index is -1.23. The molecule has 92 valence electrons. The van der Waals surface area contributed by atoms with Crippen LogP contribution in [0, 0.1) is 0 Å². The number of carbonyl (C=O) groups is 2. The predicted octanol–water partition coefficient (Wildman–Crippen LogP) is -0.145. The first-order valence-corrected chi connectivity index (χ1v) is 4.89. The molecule has 2 atom stereocenters. The Balaban J connectivity index is 2.48. The lowest BCUT2D eigenvalue weighted by atomic mass is 10.2. The standard InChI is InChI=1S/C9H15NO6/c1-15-2-3-16-6-4-7(8(11)12)10(5-6)9(13)14/h6-7H,2-5H2,1H3,(H,11,12)(H,13,14)/t6-,7+/m1/s1. The summed E-state index contributed by atoms with van der Waals surface area (Å²) in [5.41, 5.74) is 0. The molecule has 1 rings (SSSR count). The highest BCUT2D eigenvalue weighted by Gasteiger charge is 2.40. The summed E-state index contributed by atoms with van der Waals surface area (Å²) in [7, 11) is 1.53. The number of hydrogen-bond donors (Lipinski definition) is 2. The molecule has 1 aliphatic rings. The van der Waals surface area contributed by atoms with E-state index in [0.717, 1.165) is 4.90 Å². The SMILES string of the molecule is COCCO[C@@H]1C[C@@H](C(=O)O)N(C(=O)O)C1. The minimum Gasteiger partial charge on any atom is -0.480 e. The van der Waals surface area contributed by atoms with Gasteiger partial charge in [0.05, 0.1) is 25.9 Å². The van der Waals surface area contributed by atoms with E-state index in [0.29, 0.717) is 13.2 Å². The van der Waals surface area contributed by atoms with E-state index in [-0.39, 0.29) is 19.1 Å². The second-order valence-electron chi connectivity index (χ2n) is 3.51. The third kappa shape index (κ3) is 3.07. The lowest BCUT2D eigenvalue weighted by molar-refractivity contribution is -0.141. The average Bonchev–Trinajstić information content (AvgIpc) is 2.62. The van der Waals surface area contributed by atoms with E-state index in [9.17, 15) is 9.59 Å². The minimum absolute atomic E-state index is 0.0933. The van der Waals surface area contributed by atoms with E-state index in [4.69, 9.17) is 19.7 Å². The number of methoxy groups -OCH3 is 1. The molecule has 0 spiro atoms. The van der Waals surface area contributed by atoms with Gasteiger partial charge < -0.3 is 19.7 Å². The number of carboxylic acid groups (broad SMARTS) is 2. The summed E-state index contributed by atoms with van der Waals surface area (Å²) in [6.07, 6.45) is -1.41. The molecule has 0 aromatic heterocycles. The van der Waals surface area contributed by atoms with Crippen LogP contribution >= 0.6 is 0 Å². The van der Waals surface area contributed by atoms with Crippen LogP contribution in [-0.2, 0) is 14.3 Å². The van der Waals surface area contributed by atoms with Gasteiger partial charge in [-0.15, -0.1) is 0 Å². The van der Waals surface area contributed by atoms with Gasteiger partial charge in [-0.2, -0.15) is 0 Å². The molecule has 0 unspecified atom stereocenters. The maximum absolute atomic E-state index is 10.8. The average molecular weight is 233 g/mol. The maximum atomic E-state index is 10.8. The van der Waals surface area contributed by atoms with E-state index in [2.05, 4.69) is 0 Å². The second kappa shape index (κ2) is 5.66. The first-order valence-electron chi connectivity index (χ1n) is 4.89. The molecule has 1 aliphatic heterocycles. The summed E-state index contributed by atoms with van der Waals surface area (Å²) in [6.45, 7) is 0.832. The smallest absolute Gasteiger partial charge is 0.408 e. The number of hydrogen-bond acceptors (Lipinski definition) is 4. The van der Waals surface area contributed by atoms with Crippen molar-refractivity contribution in [1.82, 2.24) is 4.90 Å². The highest BCUT2D eigenvalue weighted by Crippen LogP contribution is 2.20. The Labute approximate surface area is 92.6 Å². The van der Waals surface area contributed by atoms with Crippen molar-refractivity contribution in [3.63, 3.8) is 0 Å². The van der Waals surface area contributed by atoms with E-state index in [1.165, 1.54) is 7.11 Å². The summed E-state index contributed by atoms with van der Waals surface area (Å²) < 4.78 is 10.1. The Bertz CT molecular complexity index is 247. The van der Waals surface area contributed by atoms with Gasteiger partial charge in [0, 0.05) is 13.5 Å². The van der Waals surface area contributed by atoms with Crippen molar-refractivity contribution in [1.29, 1.82) is 0 Å². The van der Waals surface area contributed by atoms with Crippen LogP contribution in [0.4, 0.5) is 4.79 Å². The quantitative estimate of drug-likeness (QED) is 0.641. The third-order valence-electron chi connectivity index (χ3n) is 2.43. The molecule has 7 nitrogen and oxygen atoms in total. The van der Waals surface area contributed by atoms with Crippen molar-refractivity contribution in [2.24, 2.45) is 0 Å². The number of amides is 1. The number of aliphatic carboxylic acids is 1. The third-order valence-corrected chi connectivity index (χ3v) is 2.43. The van der Waals surface area contributed by atoms with Gasteiger partial charge in [0.2, 0.25) is 0 Å². The summed E-state index contributed by atoms with van der Waals surface area (Å²) >= 11 is 0. The highest BCUT2D eigenvalue weighted by atomic mass is 16.5. The van der Waals surface area contributed by atoms with Crippen molar-refractivity contribution in [3.05, 3.63) is 0 Å². The van der Waals surface area contributed by atoms with E-state index in [1.807, 2.05) is 0 Å². The Kier molecular flexibility index (Phi) is 4.51. The molecule has 0 bridgehead atoms. The zero-order valence-electron chi connectivity index (χ0n) is 8.96. The summed E-state index contributed by atoms with van der Waals surface area (Å²) in [5, 5.41) is 17.6. The first kappa shape index (κ1) is 12.7. The van der Waals surface area contributed by atoms with Crippen LogP contribution in [-0.4, -0.2) is 66.2 Å². The normalized spacial score (nSPS) is 24.7. The van der Waals surface area contributed by atoms with Gasteiger partial charge in [-0.05, 0) is 0 Å². The Morgan fingerprint density at radius 1 is 1.38 bits per heavy atom. The van der Waals surface area contributed by atoms with Gasteiger partial charge in [0.15, 0.2) is 0 Å². The molecule has 1 fully saturated rings. The van der Waals surface area contributed by atoms with Crippen LogP contribution in [0.3, 0.4) is 0 Å². The molecule has 0 aliphatic carbocycles. The molecular weight excluding hydrogens is 218 g/mol. The predicted molar refractivity (Wildman–Crippen MR) is 52.4 cm³/mol. The molecule has 0 aromatic carbocycles. The largest absolute Gasteiger partial charge is 0.480 e. The van der Waals surface area contributed by atoms with Gasteiger partial charge in [-0.1, -0.05) is 0 Å². The Hall–Kier alpha value is -1.34. The molecule has 1 heterocycles. The molecule has 0 radical (unpaired) electrons. The lowest BCUT2D eigenvalue weighted by Crippen LogP contribution is -2.39. The fourth-order valence-corrected chi connectivity index (χ4v) is 1.66. The fraction of sp³-hybridized carbons (Fsp3) is 0.778. The maximum Gasteiger partial charge on any atom is 0.408 e. The van der Waals surface area contributed by atoms with Gasteiger partial charge >= 0.3 is 12.1 Å². The number of rotatable bonds is 5. The van der Waals surface area contributed by atoms with Gasteiger partial charge in [0.1, 0.15) is 6.04 Å². The fourth-order valence-electron chi connectivity index (χ4n) is 1.66. The lowest BCUT2D eigenvalue weighted by Gasteiger charge is -2.16. The number of carboxylic acids is 1. The zero-order chi connectivity index (χ0) is 12.1. The number of likely N-dealkylation sites (tertiary alicyclic amines) is 1. The monoisotopic (exact) mass is 233 g/mol. The Morgan fingerprint density at radius 2 is 2.06 bits per heavy atom. The van der Waals surface area contributed by atoms with E-state index < -0.39 is 18.1 Å². The molecule has 0 aromatic rings. The van der Waals surface area contributed by atoms with Crippen molar-refractivity contribution in [2.45, 2.75) is 18.6 Å². The molecule has 16 heavy (non-hydrogen) atoms. The van der Waals surface area contributed by atoms with E-state index in [1.54, 1.807) is 0 Å².